The van der Waals surface area contributed by atoms with Gasteiger partial charge >= 0.3 is 6.03 Å². The van der Waals surface area contributed by atoms with E-state index in [1.807, 2.05) is 4.90 Å². The number of nitro groups is 1. The third-order valence-electron chi connectivity index (χ3n) is 5.00. The molecule has 146 valence electrons. The lowest BCUT2D eigenvalue weighted by Gasteiger charge is -2.24. The maximum absolute atomic E-state index is 12.5. The standard InChI is InChI=1S/C18H25N5O4/c24-17(21-8-1-2-9-21)14-20-7-4-10-22(12-11-20)18(25)19-15-5-3-6-16(13-15)23(26)27/h3,5-6,13H,1-2,4,7-12,14H2,(H,19,25). The fourth-order valence-corrected chi connectivity index (χ4v) is 3.49. The van der Waals surface area contributed by atoms with Crippen molar-refractivity contribution < 1.29 is 14.5 Å². The van der Waals surface area contributed by atoms with Crippen molar-refractivity contribution in [3.63, 3.8) is 0 Å². The number of rotatable bonds is 4. The average Bonchev–Trinajstić information content (AvgIpc) is 3.09. The normalized spacial score (nSPS) is 18.2. The minimum atomic E-state index is -0.489. The van der Waals surface area contributed by atoms with Gasteiger partial charge in [-0.2, -0.15) is 0 Å². The highest BCUT2D eigenvalue weighted by Gasteiger charge is 2.24. The Kier molecular flexibility index (Phi) is 6.23. The van der Waals surface area contributed by atoms with Gasteiger partial charge in [-0.25, -0.2) is 4.79 Å². The van der Waals surface area contributed by atoms with Crippen molar-refractivity contribution in [2.45, 2.75) is 19.3 Å². The van der Waals surface area contributed by atoms with Crippen molar-refractivity contribution >= 4 is 23.3 Å². The largest absolute Gasteiger partial charge is 0.342 e. The Morgan fingerprint density at radius 2 is 1.74 bits per heavy atom. The molecule has 1 aromatic carbocycles. The van der Waals surface area contributed by atoms with E-state index in [0.717, 1.165) is 38.9 Å². The van der Waals surface area contributed by atoms with Crippen LogP contribution in [0.25, 0.3) is 0 Å². The molecule has 9 heteroatoms. The second-order valence-electron chi connectivity index (χ2n) is 6.94. The number of anilines is 1. The lowest BCUT2D eigenvalue weighted by Crippen LogP contribution is -2.41. The van der Waals surface area contributed by atoms with E-state index in [2.05, 4.69) is 10.2 Å². The summed E-state index contributed by atoms with van der Waals surface area (Å²) in [6.45, 7) is 4.64. The topological polar surface area (TPSA) is 99.0 Å². The predicted octanol–water partition coefficient (Wildman–Crippen LogP) is 1.76. The zero-order valence-corrected chi connectivity index (χ0v) is 15.3. The molecule has 0 unspecified atom stereocenters. The Balaban J connectivity index is 1.51. The lowest BCUT2D eigenvalue weighted by molar-refractivity contribution is -0.384. The first kappa shape index (κ1) is 19.1. The molecule has 9 nitrogen and oxygen atoms in total. The molecule has 2 saturated heterocycles. The number of urea groups is 1. The van der Waals surface area contributed by atoms with E-state index in [4.69, 9.17) is 0 Å². The molecule has 0 aromatic heterocycles. The number of carbonyl (C=O) groups excluding carboxylic acids is 2. The van der Waals surface area contributed by atoms with Crippen LogP contribution in [0.2, 0.25) is 0 Å². The van der Waals surface area contributed by atoms with Crippen LogP contribution in [0.3, 0.4) is 0 Å². The highest BCUT2D eigenvalue weighted by atomic mass is 16.6. The van der Waals surface area contributed by atoms with Gasteiger partial charge in [-0.1, -0.05) is 6.07 Å². The molecule has 2 aliphatic rings. The molecule has 1 aromatic rings. The molecule has 2 aliphatic heterocycles. The van der Waals surface area contributed by atoms with E-state index in [9.17, 15) is 19.7 Å². The van der Waals surface area contributed by atoms with Crippen LogP contribution in [0.4, 0.5) is 16.2 Å². The van der Waals surface area contributed by atoms with Crippen LogP contribution in [0, 0.1) is 10.1 Å². The molecule has 3 rings (SSSR count). The van der Waals surface area contributed by atoms with Gasteiger partial charge in [0.25, 0.3) is 5.69 Å². The van der Waals surface area contributed by atoms with Crippen LogP contribution in [0.5, 0.6) is 0 Å². The molecule has 2 fully saturated rings. The van der Waals surface area contributed by atoms with Crippen molar-refractivity contribution in [3.8, 4) is 0 Å². The van der Waals surface area contributed by atoms with Gasteiger partial charge in [0.15, 0.2) is 0 Å². The van der Waals surface area contributed by atoms with Crippen LogP contribution in [0.1, 0.15) is 19.3 Å². The number of nitrogens with zero attached hydrogens (tertiary/aromatic N) is 4. The van der Waals surface area contributed by atoms with E-state index in [-0.39, 0.29) is 17.6 Å². The SMILES string of the molecule is O=C(CN1CCCN(C(=O)Nc2cccc([N+](=O)[O-])c2)CC1)N1CCCC1. The van der Waals surface area contributed by atoms with Crippen molar-refractivity contribution in [1.82, 2.24) is 14.7 Å². The monoisotopic (exact) mass is 375 g/mol. The number of non-ortho nitro benzene ring substituents is 1. The third-order valence-corrected chi connectivity index (χ3v) is 5.00. The summed E-state index contributed by atoms with van der Waals surface area (Å²) in [7, 11) is 0. The van der Waals surface area contributed by atoms with E-state index >= 15 is 0 Å². The lowest BCUT2D eigenvalue weighted by atomic mass is 10.3. The molecular formula is C18H25N5O4. The first-order valence-corrected chi connectivity index (χ1v) is 9.33. The van der Waals surface area contributed by atoms with Gasteiger partial charge in [-0.3, -0.25) is 19.8 Å². The molecule has 0 radical (unpaired) electrons. The van der Waals surface area contributed by atoms with Crippen LogP contribution in [0.15, 0.2) is 24.3 Å². The summed E-state index contributed by atoms with van der Waals surface area (Å²) in [6, 6.07) is 5.63. The maximum Gasteiger partial charge on any atom is 0.321 e. The fourth-order valence-electron chi connectivity index (χ4n) is 3.49. The number of likely N-dealkylation sites (tertiary alicyclic amines) is 1. The van der Waals surface area contributed by atoms with Gasteiger partial charge < -0.3 is 15.1 Å². The molecule has 3 amide bonds. The van der Waals surface area contributed by atoms with Gasteiger partial charge in [-0.05, 0) is 25.3 Å². The van der Waals surface area contributed by atoms with E-state index in [1.165, 1.54) is 12.1 Å². The summed E-state index contributed by atoms with van der Waals surface area (Å²) in [5, 5.41) is 13.6. The fraction of sp³-hybridized carbons (Fsp3) is 0.556. The summed E-state index contributed by atoms with van der Waals surface area (Å²) in [5.41, 5.74) is 0.342. The molecular weight excluding hydrogens is 350 g/mol. The number of nitrogens with one attached hydrogen (secondary N) is 1. The average molecular weight is 375 g/mol. The Bertz CT molecular complexity index is 705. The first-order valence-electron chi connectivity index (χ1n) is 9.33. The smallest absolute Gasteiger partial charge is 0.321 e. The van der Waals surface area contributed by atoms with Gasteiger partial charge in [0.2, 0.25) is 5.91 Å². The van der Waals surface area contributed by atoms with Gasteiger partial charge in [-0.15, -0.1) is 0 Å². The number of carbonyl (C=O) groups is 2. The van der Waals surface area contributed by atoms with E-state index in [0.29, 0.717) is 31.9 Å². The molecule has 1 N–H and O–H groups in total. The van der Waals surface area contributed by atoms with Crippen molar-refractivity contribution in [1.29, 1.82) is 0 Å². The van der Waals surface area contributed by atoms with Crippen molar-refractivity contribution in [2.24, 2.45) is 0 Å². The molecule has 0 atom stereocenters. The Morgan fingerprint density at radius 1 is 1.00 bits per heavy atom. The number of amides is 3. The summed E-state index contributed by atoms with van der Waals surface area (Å²) < 4.78 is 0. The zero-order valence-electron chi connectivity index (χ0n) is 15.3. The molecule has 0 saturated carbocycles. The summed E-state index contributed by atoms with van der Waals surface area (Å²) in [6.07, 6.45) is 2.95. The van der Waals surface area contributed by atoms with Crippen molar-refractivity contribution in [2.75, 3.05) is 51.1 Å². The van der Waals surface area contributed by atoms with E-state index in [1.54, 1.807) is 17.0 Å². The van der Waals surface area contributed by atoms with Crippen LogP contribution in [-0.2, 0) is 4.79 Å². The molecule has 0 spiro atoms. The second-order valence-corrected chi connectivity index (χ2v) is 6.94. The second kappa shape index (κ2) is 8.81. The van der Waals surface area contributed by atoms with E-state index < -0.39 is 4.92 Å². The first-order chi connectivity index (χ1) is 13.0. The maximum atomic E-state index is 12.5. The minimum Gasteiger partial charge on any atom is -0.342 e. The molecule has 27 heavy (non-hydrogen) atoms. The zero-order chi connectivity index (χ0) is 19.2. The quantitative estimate of drug-likeness (QED) is 0.639. The van der Waals surface area contributed by atoms with Crippen LogP contribution < -0.4 is 5.32 Å². The number of hydrogen-bond acceptors (Lipinski definition) is 5. The number of nitro benzene ring substituents is 1. The van der Waals surface area contributed by atoms with Gasteiger partial charge in [0.05, 0.1) is 11.5 Å². The van der Waals surface area contributed by atoms with Gasteiger partial charge in [0.1, 0.15) is 0 Å². The molecule has 0 aliphatic carbocycles. The number of hydrogen-bond donors (Lipinski definition) is 1. The summed E-state index contributed by atoms with van der Waals surface area (Å²) >= 11 is 0. The number of benzene rings is 1. The third kappa shape index (κ3) is 5.16. The predicted molar refractivity (Wildman–Crippen MR) is 101 cm³/mol. The van der Waals surface area contributed by atoms with Gasteiger partial charge in [0, 0.05) is 57.1 Å². The Hall–Kier alpha value is -2.68. The molecule has 0 bridgehead atoms. The summed E-state index contributed by atoms with van der Waals surface area (Å²) in [5.74, 6) is 0.169. The molecule has 2 heterocycles. The minimum absolute atomic E-state index is 0.0599. The highest BCUT2D eigenvalue weighted by Crippen LogP contribution is 2.18. The Morgan fingerprint density at radius 3 is 2.48 bits per heavy atom. The summed E-state index contributed by atoms with van der Waals surface area (Å²) in [4.78, 5) is 40.9. The van der Waals surface area contributed by atoms with Crippen LogP contribution >= 0.6 is 0 Å². The Labute approximate surface area is 158 Å². The van der Waals surface area contributed by atoms with Crippen molar-refractivity contribution in [3.05, 3.63) is 34.4 Å². The van der Waals surface area contributed by atoms with Crippen LogP contribution in [-0.4, -0.2) is 77.4 Å². The highest BCUT2D eigenvalue weighted by molar-refractivity contribution is 5.89.